The number of carbonyl (C=O) groups excluding carboxylic acids is 7. The SMILES string of the molecule is CC(=O)C(CC(=O)COCC(=O)Cc1cccc(OS(=O)(=O)C(F)(F)F)c1)Cc1ccc(C)cc1.CC(=O)C(CC(=O)COCC(=O)Cc1cccc(OS(C)(=O)=O)c1)Cc1ccc(C)cc1.COc1ccc(CC(N)C(=O)O)cc1.O=C(CC(Cc1ccc([NH2+]OS(=O)(=O)[O-])cc1)C(=O)O)OCc1ccccc1.[NH4+]. The number of hydrogen-bond acceptors (Lipinski definition) is 24. The van der Waals surface area contributed by atoms with Crippen LogP contribution in [0.2, 0.25) is 0 Å². The van der Waals surface area contributed by atoms with Gasteiger partial charge >= 0.3 is 43.7 Å². The van der Waals surface area contributed by atoms with E-state index in [4.69, 9.17) is 34.0 Å². The van der Waals surface area contributed by atoms with Gasteiger partial charge in [-0.15, -0.1) is 0 Å². The molecule has 0 saturated heterocycles. The summed E-state index contributed by atoms with van der Waals surface area (Å²) in [5, 5.41) is 18.0. The average molecular weight is 1600 g/mol. The topological polar surface area (TPSA) is 463 Å². The van der Waals surface area contributed by atoms with Crippen LogP contribution in [-0.4, -0.2) is 144 Å². The van der Waals surface area contributed by atoms with Crippen molar-refractivity contribution >= 4 is 88.9 Å². The fourth-order valence-corrected chi connectivity index (χ4v) is 10.9. The molecular weight excluding hydrogens is 1510 g/mol. The summed E-state index contributed by atoms with van der Waals surface area (Å²) in [7, 11) is -12.7. The van der Waals surface area contributed by atoms with Crippen molar-refractivity contribution in [3.63, 3.8) is 0 Å². The molecule has 110 heavy (non-hydrogen) atoms. The van der Waals surface area contributed by atoms with Gasteiger partial charge in [0.2, 0.25) is 0 Å². The van der Waals surface area contributed by atoms with E-state index in [2.05, 4.69) is 8.47 Å². The van der Waals surface area contributed by atoms with Crippen LogP contribution < -0.4 is 30.5 Å². The molecule has 596 valence electrons. The molecule has 10 N–H and O–H groups in total. The van der Waals surface area contributed by atoms with E-state index in [1.165, 1.54) is 50.2 Å². The first kappa shape index (κ1) is 93.9. The number of esters is 1. The minimum atomic E-state index is -5.83. The smallest absolute Gasteiger partial charge is 0.534 e. The van der Waals surface area contributed by atoms with E-state index < -0.39 is 96.0 Å². The standard InChI is InChI=1S/C24H25F3O7S.C24H28O7S.C18H19NO8S.C10H13NO3.H3N/c1-16-6-8-18(9-7-16)10-20(17(2)28)13-22(30)15-33-14-21(29)11-19-4-3-5-23(12-19)34-35(31,32)24(25,26)27;1-17-7-9-19(10-8-17)11-21(18(2)25)14-23(27)16-30-15-22(26)12-20-5-4-6-24(13-20)31-32(3,28)29;20-17(26-12-14-4-2-1-3-5-14)11-15(18(21)22)10-13-6-8-16(9-7-13)19-27-28(23,24)25;1-14-8-4-2-7(3-5-8)6-9(11)10(12)13;/h3-9,12,20H,10-11,13-15H2,1-2H3;4-10,13,21H,11-12,14-16H2,1-3H3;1-9,15,19H,10-12H2,(H,21,22)(H,23,24,25);2-5,9H,6,11H2,1H3,(H,12,13);1H3/p+1. The summed E-state index contributed by atoms with van der Waals surface area (Å²) in [5.74, 6) is -5.92. The lowest BCUT2D eigenvalue weighted by Gasteiger charge is -2.13. The van der Waals surface area contributed by atoms with E-state index in [1.54, 1.807) is 55.6 Å². The molecule has 0 amide bonds. The molecule has 0 fully saturated rings. The number of ether oxygens (including phenoxy) is 4. The lowest BCUT2D eigenvalue weighted by molar-refractivity contribution is -0.796. The highest BCUT2D eigenvalue weighted by Gasteiger charge is 2.48. The van der Waals surface area contributed by atoms with Gasteiger partial charge in [0.15, 0.2) is 28.8 Å². The Morgan fingerprint density at radius 1 is 0.491 bits per heavy atom. The third kappa shape index (κ3) is 38.7. The van der Waals surface area contributed by atoms with Gasteiger partial charge in [-0.2, -0.15) is 35.5 Å². The van der Waals surface area contributed by atoms with Gasteiger partial charge in [0.25, 0.3) is 10.4 Å². The number of alkyl halides is 3. The predicted molar refractivity (Wildman–Crippen MR) is 393 cm³/mol. The summed E-state index contributed by atoms with van der Waals surface area (Å²) < 4.78 is 147. The van der Waals surface area contributed by atoms with Gasteiger partial charge < -0.3 is 54.0 Å². The molecule has 0 saturated carbocycles. The normalized spacial score (nSPS) is 12.3. The van der Waals surface area contributed by atoms with Gasteiger partial charge in [-0.3, -0.25) is 43.2 Å². The zero-order valence-corrected chi connectivity index (χ0v) is 63.7. The Hall–Kier alpha value is -10.3. The number of carboxylic acid groups (broad SMARTS) is 2. The van der Waals surface area contributed by atoms with Gasteiger partial charge in [-0.25, -0.2) is 8.42 Å². The first-order chi connectivity index (χ1) is 51.1. The van der Waals surface area contributed by atoms with Crippen LogP contribution in [0.25, 0.3) is 0 Å². The van der Waals surface area contributed by atoms with Crippen LogP contribution in [0.3, 0.4) is 0 Å². The van der Waals surface area contributed by atoms with Crippen LogP contribution in [-0.2, 0) is 137 Å². The summed E-state index contributed by atoms with van der Waals surface area (Å²) in [6.45, 7) is 5.54. The third-order valence-corrected chi connectivity index (χ3v) is 17.2. The molecule has 0 aliphatic rings. The highest BCUT2D eigenvalue weighted by molar-refractivity contribution is 7.88. The number of ketones is 6. The largest absolute Gasteiger partial charge is 0.722 e. The van der Waals surface area contributed by atoms with Crippen molar-refractivity contribution in [2.75, 3.05) is 39.8 Å². The van der Waals surface area contributed by atoms with E-state index in [1.807, 2.05) is 92.7 Å². The van der Waals surface area contributed by atoms with Crippen LogP contribution in [0.1, 0.15) is 83.2 Å². The van der Waals surface area contributed by atoms with Crippen LogP contribution in [0.4, 0.5) is 18.9 Å². The van der Waals surface area contributed by atoms with E-state index in [0.717, 1.165) is 63.0 Å². The number of aliphatic carboxylic acids is 2. The van der Waals surface area contributed by atoms with Gasteiger partial charge in [0, 0.05) is 49.7 Å². The Morgan fingerprint density at radius 2 is 0.891 bits per heavy atom. The average Bonchev–Trinajstić information content (AvgIpc) is 0.821. The number of benzene rings is 7. The maximum Gasteiger partial charge on any atom is 0.534 e. The fourth-order valence-electron chi connectivity index (χ4n) is 9.76. The Bertz CT molecular complexity index is 4530. The molecule has 0 radical (unpaired) electrons. The van der Waals surface area contributed by atoms with Gasteiger partial charge in [-0.1, -0.05) is 143 Å². The molecule has 4 atom stereocenters. The Balaban J connectivity index is 0.000000393. The first-order valence-electron chi connectivity index (χ1n) is 33.2. The number of hydrogen-bond donors (Lipinski definition) is 5. The minimum absolute atomic E-state index is 0. The second kappa shape index (κ2) is 46.3. The van der Waals surface area contributed by atoms with Crippen molar-refractivity contribution in [1.29, 1.82) is 0 Å². The maximum atomic E-state index is 12.5. The molecule has 0 aliphatic heterocycles. The van der Waals surface area contributed by atoms with Crippen molar-refractivity contribution < 1.29 is 133 Å². The molecule has 0 spiro atoms. The molecule has 0 aliphatic carbocycles. The number of aryl methyl sites for hydroxylation is 2. The number of rotatable bonds is 40. The molecule has 34 heteroatoms. The van der Waals surface area contributed by atoms with Crippen LogP contribution in [0, 0.1) is 31.6 Å². The number of Topliss-reactive ketones (excluding diaryl/α,β-unsaturated/α-hetero) is 6. The second-order valence-corrected chi connectivity index (χ2v) is 29.0. The van der Waals surface area contributed by atoms with Gasteiger partial charge in [-0.05, 0) is 129 Å². The molecule has 7 aromatic rings. The molecule has 28 nitrogen and oxygen atoms in total. The molecular formula is C76H89F3N3O25S3+. The molecule has 0 aromatic heterocycles. The summed E-state index contributed by atoms with van der Waals surface area (Å²) in [5.41, 5.74) is 8.10. The molecule has 0 bridgehead atoms. The zero-order valence-electron chi connectivity index (χ0n) is 61.2. The van der Waals surface area contributed by atoms with Crippen molar-refractivity contribution in [2.24, 2.45) is 23.5 Å². The molecule has 4 unspecified atom stereocenters. The van der Waals surface area contributed by atoms with Crippen molar-refractivity contribution in [1.82, 2.24) is 6.15 Å². The van der Waals surface area contributed by atoms with Crippen molar-refractivity contribution in [2.45, 2.75) is 104 Å². The predicted octanol–water partition coefficient (Wildman–Crippen LogP) is 8.30. The maximum absolute atomic E-state index is 12.5. The molecule has 7 rings (SSSR count). The van der Waals surface area contributed by atoms with E-state index >= 15 is 0 Å². The highest BCUT2D eigenvalue weighted by atomic mass is 32.3. The number of carbonyl (C=O) groups is 9. The van der Waals surface area contributed by atoms with Gasteiger partial charge in [0.1, 0.15) is 67.9 Å². The second-order valence-electron chi connectivity index (χ2n) is 24.9. The quantitative estimate of drug-likeness (QED) is 0.00458. The monoisotopic (exact) mass is 1600 g/mol. The van der Waals surface area contributed by atoms with Crippen molar-refractivity contribution in [3.05, 3.63) is 226 Å². The summed E-state index contributed by atoms with van der Waals surface area (Å²) in [4.78, 5) is 107. The Kier molecular flexibility index (Phi) is 39.5. The molecule has 0 heterocycles. The lowest BCUT2D eigenvalue weighted by Crippen LogP contribution is -2.77. The van der Waals surface area contributed by atoms with Crippen LogP contribution in [0.5, 0.6) is 17.2 Å². The highest BCUT2D eigenvalue weighted by Crippen LogP contribution is 2.28. The van der Waals surface area contributed by atoms with Crippen molar-refractivity contribution in [3.8, 4) is 17.2 Å². The van der Waals surface area contributed by atoms with E-state index in [9.17, 15) is 91.2 Å². The minimum Gasteiger partial charge on any atom is -0.722 e. The fraction of sp³-hybridized carbons (Fsp3) is 0.329. The summed E-state index contributed by atoms with van der Waals surface area (Å²) >= 11 is 0. The Morgan fingerprint density at radius 3 is 1.29 bits per heavy atom. The van der Waals surface area contributed by atoms with E-state index in [-0.39, 0.29) is 111 Å². The first-order valence-corrected chi connectivity index (χ1v) is 37.7. The Labute approximate surface area is 635 Å². The van der Waals surface area contributed by atoms with Crippen LogP contribution >= 0.6 is 0 Å². The molecule has 7 aromatic carbocycles. The number of halogens is 3. The summed E-state index contributed by atoms with van der Waals surface area (Å²) in [6.07, 6.45) is 1.71. The number of carboxylic acids is 2. The summed E-state index contributed by atoms with van der Waals surface area (Å²) in [6, 6.07) is 47.7. The zero-order chi connectivity index (χ0) is 81.1. The number of nitrogens with two attached hydrogens (primary N) is 2. The van der Waals surface area contributed by atoms with Crippen LogP contribution in [0.15, 0.2) is 176 Å². The third-order valence-electron chi connectivity index (χ3n) is 15.4. The lowest BCUT2D eigenvalue weighted by atomic mass is 9.91. The number of methoxy groups -OCH3 is 1. The van der Waals surface area contributed by atoms with E-state index in [0.29, 0.717) is 36.1 Å². The van der Waals surface area contributed by atoms with Gasteiger partial charge in [0.05, 0.1) is 25.7 Å². The number of quaternary nitrogens is 2.